The molecule has 0 N–H and O–H groups in total. The van der Waals surface area contributed by atoms with Gasteiger partial charge < -0.3 is 9.47 Å². The van der Waals surface area contributed by atoms with Gasteiger partial charge in [-0.05, 0) is 40.5 Å². The number of hydrogen-bond donors (Lipinski definition) is 0. The second-order valence-electron chi connectivity index (χ2n) is 6.55. The van der Waals surface area contributed by atoms with Gasteiger partial charge in [-0.1, -0.05) is 19.1 Å². The Kier molecular flexibility index (Phi) is 10.1. The van der Waals surface area contributed by atoms with Crippen molar-refractivity contribution in [1.82, 2.24) is 19.9 Å². The van der Waals surface area contributed by atoms with E-state index in [0.29, 0.717) is 25.4 Å². The van der Waals surface area contributed by atoms with Crippen LogP contribution in [0.25, 0.3) is 0 Å². The minimum Gasteiger partial charge on any atom is -0.376 e. The molecular weight excluding hydrogens is 304 g/mol. The summed E-state index contributed by atoms with van der Waals surface area (Å²) in [7, 11) is 0. The van der Waals surface area contributed by atoms with Gasteiger partial charge in [-0.15, -0.1) is 5.10 Å². The first-order valence-corrected chi connectivity index (χ1v) is 9.41. The van der Waals surface area contributed by atoms with Gasteiger partial charge in [-0.2, -0.15) is 0 Å². The summed E-state index contributed by atoms with van der Waals surface area (Å²) in [4.78, 5) is 2.43. The van der Waals surface area contributed by atoms with Crippen LogP contribution < -0.4 is 0 Å². The fourth-order valence-electron chi connectivity index (χ4n) is 2.60. The molecule has 24 heavy (non-hydrogen) atoms. The summed E-state index contributed by atoms with van der Waals surface area (Å²) < 4.78 is 13.3. The van der Waals surface area contributed by atoms with Crippen molar-refractivity contribution in [2.75, 3.05) is 26.3 Å². The molecule has 0 radical (unpaired) electrons. The van der Waals surface area contributed by atoms with E-state index < -0.39 is 0 Å². The molecule has 1 saturated heterocycles. The molecule has 0 bridgehead atoms. The monoisotopic (exact) mass is 340 g/mol. The van der Waals surface area contributed by atoms with Crippen LogP contribution in [0.4, 0.5) is 0 Å². The van der Waals surface area contributed by atoms with Crippen molar-refractivity contribution in [3.63, 3.8) is 0 Å². The van der Waals surface area contributed by atoms with Crippen LogP contribution in [-0.4, -0.2) is 58.4 Å². The average molecular weight is 341 g/mol. The Hall–Kier alpha value is -0.980. The zero-order valence-electron chi connectivity index (χ0n) is 16.4. The van der Waals surface area contributed by atoms with Crippen molar-refractivity contribution in [3.05, 3.63) is 11.9 Å². The van der Waals surface area contributed by atoms with Gasteiger partial charge >= 0.3 is 0 Å². The van der Waals surface area contributed by atoms with E-state index in [4.69, 9.17) is 9.47 Å². The molecule has 1 aromatic heterocycles. The standard InChI is InChI=1S/C16H30N4O2.C2H6/c1-13(2)20-12-15(17-18-20)11-19-7-5-16(6-8-19)22-10-9-21-14(3)4;1-2/h12-14,16H,5-11H2,1-4H3;1-2H3. The number of likely N-dealkylation sites (tertiary alicyclic amines) is 1. The van der Waals surface area contributed by atoms with Crippen molar-refractivity contribution < 1.29 is 9.47 Å². The lowest BCUT2D eigenvalue weighted by atomic mass is 10.1. The Morgan fingerprint density at radius 2 is 1.79 bits per heavy atom. The molecule has 6 nitrogen and oxygen atoms in total. The third-order valence-electron chi connectivity index (χ3n) is 3.90. The van der Waals surface area contributed by atoms with E-state index in [2.05, 4.69) is 35.3 Å². The summed E-state index contributed by atoms with van der Waals surface area (Å²) >= 11 is 0. The van der Waals surface area contributed by atoms with Crippen LogP contribution in [0.15, 0.2) is 6.20 Å². The zero-order chi connectivity index (χ0) is 17.9. The highest BCUT2D eigenvalue weighted by atomic mass is 16.5. The fraction of sp³-hybridized carbons (Fsp3) is 0.889. The maximum absolute atomic E-state index is 5.88. The Bertz CT molecular complexity index is 426. The molecular formula is C18H36N4O2. The van der Waals surface area contributed by atoms with Gasteiger partial charge in [0.1, 0.15) is 0 Å². The third kappa shape index (κ3) is 7.73. The largest absolute Gasteiger partial charge is 0.376 e. The summed E-state index contributed by atoms with van der Waals surface area (Å²) in [6.07, 6.45) is 4.87. The van der Waals surface area contributed by atoms with E-state index in [1.807, 2.05) is 32.4 Å². The van der Waals surface area contributed by atoms with Crippen molar-refractivity contribution in [3.8, 4) is 0 Å². The highest BCUT2D eigenvalue weighted by Crippen LogP contribution is 2.16. The van der Waals surface area contributed by atoms with Gasteiger partial charge in [0.25, 0.3) is 0 Å². The van der Waals surface area contributed by atoms with Gasteiger partial charge in [-0.3, -0.25) is 4.90 Å². The molecule has 1 aliphatic heterocycles. The quantitative estimate of drug-likeness (QED) is 0.680. The molecule has 1 fully saturated rings. The predicted molar refractivity (Wildman–Crippen MR) is 97.1 cm³/mol. The van der Waals surface area contributed by atoms with Crippen LogP contribution >= 0.6 is 0 Å². The first-order valence-electron chi connectivity index (χ1n) is 9.41. The highest BCUT2D eigenvalue weighted by Gasteiger charge is 2.20. The van der Waals surface area contributed by atoms with E-state index in [1.54, 1.807) is 0 Å². The molecule has 0 aromatic carbocycles. The fourth-order valence-corrected chi connectivity index (χ4v) is 2.60. The second-order valence-corrected chi connectivity index (χ2v) is 6.55. The highest BCUT2D eigenvalue weighted by molar-refractivity contribution is 4.93. The van der Waals surface area contributed by atoms with Gasteiger partial charge in [0.15, 0.2) is 0 Å². The first-order chi connectivity index (χ1) is 11.5. The van der Waals surface area contributed by atoms with Crippen LogP contribution in [0.2, 0.25) is 0 Å². The first kappa shape index (κ1) is 21.1. The van der Waals surface area contributed by atoms with Gasteiger partial charge in [0.2, 0.25) is 0 Å². The molecule has 0 spiro atoms. The topological polar surface area (TPSA) is 52.4 Å². The van der Waals surface area contributed by atoms with Crippen molar-refractivity contribution in [2.45, 2.75) is 79.2 Å². The van der Waals surface area contributed by atoms with E-state index in [9.17, 15) is 0 Å². The lowest BCUT2D eigenvalue weighted by molar-refractivity contribution is -0.0344. The van der Waals surface area contributed by atoms with E-state index in [-0.39, 0.29) is 6.10 Å². The zero-order valence-corrected chi connectivity index (χ0v) is 16.4. The number of hydrogen-bond acceptors (Lipinski definition) is 5. The maximum atomic E-state index is 5.88. The molecule has 2 heterocycles. The van der Waals surface area contributed by atoms with Gasteiger partial charge in [0.05, 0.1) is 37.3 Å². The van der Waals surface area contributed by atoms with Crippen LogP contribution in [0.1, 0.15) is 66.1 Å². The lowest BCUT2D eigenvalue weighted by Gasteiger charge is -2.31. The lowest BCUT2D eigenvalue weighted by Crippen LogP contribution is -2.37. The molecule has 1 aliphatic rings. The minimum atomic E-state index is 0.282. The number of rotatable bonds is 8. The minimum absolute atomic E-state index is 0.282. The average Bonchev–Trinajstić information content (AvgIpc) is 3.04. The summed E-state index contributed by atoms with van der Waals surface area (Å²) in [5.41, 5.74) is 1.05. The summed E-state index contributed by atoms with van der Waals surface area (Å²) in [6, 6.07) is 0.369. The molecule has 0 unspecified atom stereocenters. The van der Waals surface area contributed by atoms with E-state index in [0.717, 1.165) is 38.2 Å². The van der Waals surface area contributed by atoms with E-state index in [1.165, 1.54) is 0 Å². The Morgan fingerprint density at radius 3 is 2.33 bits per heavy atom. The number of piperidine rings is 1. The van der Waals surface area contributed by atoms with Crippen molar-refractivity contribution >= 4 is 0 Å². The molecule has 0 aliphatic carbocycles. The molecule has 140 valence electrons. The Labute approximate surface area is 147 Å². The van der Waals surface area contributed by atoms with Gasteiger partial charge in [-0.25, -0.2) is 4.68 Å². The summed E-state index contributed by atoms with van der Waals surface area (Å²) in [5, 5.41) is 8.41. The third-order valence-corrected chi connectivity index (χ3v) is 3.90. The predicted octanol–water partition coefficient (Wildman–Crippen LogP) is 3.29. The summed E-state index contributed by atoms with van der Waals surface area (Å²) in [6.45, 7) is 16.7. The Balaban J connectivity index is 0.00000139. The SMILES string of the molecule is CC.CC(C)OCCOC1CCN(Cc2cn(C(C)C)nn2)CC1. The van der Waals surface area contributed by atoms with Gasteiger partial charge in [0, 0.05) is 25.7 Å². The normalized spacial score (nSPS) is 16.5. The Morgan fingerprint density at radius 1 is 1.12 bits per heavy atom. The van der Waals surface area contributed by atoms with Crippen LogP contribution in [0.3, 0.4) is 0 Å². The second kappa shape index (κ2) is 11.6. The number of nitrogens with zero attached hydrogens (tertiary/aromatic N) is 4. The van der Waals surface area contributed by atoms with Crippen molar-refractivity contribution in [1.29, 1.82) is 0 Å². The van der Waals surface area contributed by atoms with Crippen LogP contribution in [0.5, 0.6) is 0 Å². The molecule has 0 amide bonds. The maximum Gasteiger partial charge on any atom is 0.0967 e. The number of aromatic nitrogens is 3. The summed E-state index contributed by atoms with van der Waals surface area (Å²) in [5.74, 6) is 0. The molecule has 1 aromatic rings. The van der Waals surface area contributed by atoms with Crippen LogP contribution in [-0.2, 0) is 16.0 Å². The number of ether oxygens (including phenoxy) is 2. The van der Waals surface area contributed by atoms with E-state index >= 15 is 0 Å². The molecule has 2 rings (SSSR count). The molecule has 0 atom stereocenters. The molecule has 6 heteroatoms. The van der Waals surface area contributed by atoms with Crippen molar-refractivity contribution in [2.24, 2.45) is 0 Å². The smallest absolute Gasteiger partial charge is 0.0967 e. The molecule has 0 saturated carbocycles. The van der Waals surface area contributed by atoms with Crippen LogP contribution in [0, 0.1) is 0 Å².